The second-order valence-electron chi connectivity index (χ2n) is 16.3. The summed E-state index contributed by atoms with van der Waals surface area (Å²) in [6.45, 7) is 3.60. The quantitative estimate of drug-likeness (QED) is 0.0241. The van der Waals surface area contributed by atoms with Gasteiger partial charge in [-0.3, -0.25) is 4.79 Å². The van der Waals surface area contributed by atoms with Gasteiger partial charge in [-0.2, -0.15) is 0 Å². The van der Waals surface area contributed by atoms with Crippen LogP contribution in [0.4, 0.5) is 0 Å². The molecular formula is C45H87NO9. The number of unbranched alkanes of at least 4 members (excludes halogenated alkanes) is 27. The van der Waals surface area contributed by atoms with Gasteiger partial charge in [-0.25, -0.2) is 0 Å². The first-order chi connectivity index (χ1) is 26.8. The van der Waals surface area contributed by atoms with E-state index in [0.29, 0.717) is 6.42 Å². The molecule has 1 rings (SSSR count). The molecule has 0 aliphatic carbocycles. The predicted octanol–water partition coefficient (Wildman–Crippen LogP) is 8.31. The van der Waals surface area contributed by atoms with Crippen LogP contribution >= 0.6 is 0 Å². The third kappa shape index (κ3) is 26.5. The first-order valence-electron chi connectivity index (χ1n) is 23.0. The minimum atomic E-state index is -1.61. The maximum absolute atomic E-state index is 13.0. The van der Waals surface area contributed by atoms with Crippen molar-refractivity contribution in [3.8, 4) is 0 Å². The Hall–Kier alpha value is -1.11. The Morgan fingerprint density at radius 1 is 0.618 bits per heavy atom. The highest BCUT2D eigenvalue weighted by Crippen LogP contribution is 2.23. The van der Waals surface area contributed by atoms with Crippen molar-refractivity contribution in [3.05, 3.63) is 12.2 Å². The van der Waals surface area contributed by atoms with Crippen molar-refractivity contribution in [2.45, 2.75) is 255 Å². The van der Waals surface area contributed by atoms with Crippen LogP contribution < -0.4 is 5.32 Å². The van der Waals surface area contributed by atoms with Crippen molar-refractivity contribution >= 4 is 5.91 Å². The van der Waals surface area contributed by atoms with Crippen LogP contribution in [-0.2, 0) is 14.3 Å². The number of carbonyl (C=O) groups excluding carboxylic acids is 1. The van der Waals surface area contributed by atoms with Gasteiger partial charge in [0.2, 0.25) is 5.91 Å². The standard InChI is InChI=1S/C45H87NO9/c1-3-5-7-9-11-13-15-16-17-18-19-20-21-22-24-26-28-30-32-34-39(49)44(53)46-37(36-54-45-43(52)42(51)41(50)40(35-47)55-45)38(48)33-31-29-27-25-23-14-12-10-8-6-4-2/h31,33,37-43,45,47-52H,3-30,32,34-36H2,1-2H3,(H,46,53). The number of allylic oxidation sites excluding steroid dienone is 1. The van der Waals surface area contributed by atoms with Crippen LogP contribution in [0.5, 0.6) is 0 Å². The highest BCUT2D eigenvalue weighted by atomic mass is 16.7. The van der Waals surface area contributed by atoms with E-state index in [1.165, 1.54) is 141 Å². The van der Waals surface area contributed by atoms with E-state index in [0.717, 1.165) is 44.9 Å². The average Bonchev–Trinajstić information content (AvgIpc) is 3.18. The van der Waals surface area contributed by atoms with Gasteiger partial charge in [0.25, 0.3) is 0 Å². The lowest BCUT2D eigenvalue weighted by Crippen LogP contribution is -2.60. The lowest BCUT2D eigenvalue weighted by Gasteiger charge is -2.40. The fraction of sp³-hybridized carbons (Fsp3) is 0.933. The molecule has 0 saturated carbocycles. The summed E-state index contributed by atoms with van der Waals surface area (Å²) >= 11 is 0. The van der Waals surface area contributed by atoms with Crippen molar-refractivity contribution < 1.29 is 44.9 Å². The van der Waals surface area contributed by atoms with Gasteiger partial charge in [0, 0.05) is 0 Å². The van der Waals surface area contributed by atoms with Gasteiger partial charge in [0.15, 0.2) is 6.29 Å². The molecule has 0 aromatic heterocycles. The van der Waals surface area contributed by atoms with Gasteiger partial charge < -0.3 is 45.4 Å². The second-order valence-corrected chi connectivity index (χ2v) is 16.3. The Bertz CT molecular complexity index is 890. The summed E-state index contributed by atoms with van der Waals surface area (Å²) in [5.41, 5.74) is 0. The monoisotopic (exact) mass is 786 g/mol. The van der Waals surface area contributed by atoms with Crippen molar-refractivity contribution in [2.75, 3.05) is 13.2 Å². The van der Waals surface area contributed by atoms with Crippen LogP contribution in [0.2, 0.25) is 0 Å². The van der Waals surface area contributed by atoms with Crippen LogP contribution in [0.25, 0.3) is 0 Å². The maximum atomic E-state index is 13.0. The Labute approximate surface area is 336 Å². The Morgan fingerprint density at radius 3 is 1.47 bits per heavy atom. The van der Waals surface area contributed by atoms with Crippen molar-refractivity contribution in [1.82, 2.24) is 5.32 Å². The second kappa shape index (κ2) is 36.0. The van der Waals surface area contributed by atoms with Gasteiger partial charge in [-0.15, -0.1) is 0 Å². The highest BCUT2D eigenvalue weighted by molar-refractivity contribution is 5.80. The molecule has 326 valence electrons. The normalized spacial score (nSPS) is 21.9. The number of rotatable bonds is 38. The molecule has 0 spiro atoms. The summed E-state index contributed by atoms with van der Waals surface area (Å²) in [6.07, 6.45) is 30.2. The zero-order chi connectivity index (χ0) is 40.4. The van der Waals surface area contributed by atoms with E-state index in [-0.39, 0.29) is 6.61 Å². The minimum absolute atomic E-state index is 0.302. The minimum Gasteiger partial charge on any atom is -0.394 e. The first-order valence-corrected chi connectivity index (χ1v) is 23.0. The zero-order valence-corrected chi connectivity index (χ0v) is 35.3. The van der Waals surface area contributed by atoms with E-state index in [9.17, 15) is 35.4 Å². The van der Waals surface area contributed by atoms with Crippen LogP contribution in [0, 0.1) is 0 Å². The number of aliphatic hydroxyl groups is 6. The molecule has 1 saturated heterocycles. The first kappa shape index (κ1) is 51.9. The molecule has 1 aliphatic rings. The fourth-order valence-electron chi connectivity index (χ4n) is 7.40. The number of carbonyl (C=O) groups is 1. The number of nitrogens with one attached hydrogen (secondary N) is 1. The zero-order valence-electron chi connectivity index (χ0n) is 35.3. The lowest BCUT2D eigenvalue weighted by atomic mass is 9.99. The Balaban J connectivity index is 2.36. The van der Waals surface area contributed by atoms with E-state index >= 15 is 0 Å². The summed E-state index contributed by atoms with van der Waals surface area (Å²) in [5.74, 6) is -0.615. The summed E-state index contributed by atoms with van der Waals surface area (Å²) in [4.78, 5) is 13.0. The van der Waals surface area contributed by atoms with Gasteiger partial charge >= 0.3 is 0 Å². The molecule has 8 atom stereocenters. The Kier molecular flexibility index (Phi) is 34.0. The number of amides is 1. The third-order valence-corrected chi connectivity index (χ3v) is 11.2. The molecule has 1 fully saturated rings. The van der Waals surface area contributed by atoms with Gasteiger partial charge in [0.05, 0.1) is 25.4 Å². The molecule has 0 radical (unpaired) electrons. The summed E-state index contributed by atoms with van der Waals surface area (Å²) in [7, 11) is 0. The van der Waals surface area contributed by atoms with E-state index in [4.69, 9.17) is 9.47 Å². The van der Waals surface area contributed by atoms with E-state index in [1.807, 2.05) is 6.08 Å². The molecular weight excluding hydrogens is 698 g/mol. The number of hydrogen-bond acceptors (Lipinski definition) is 9. The number of ether oxygens (including phenoxy) is 2. The van der Waals surface area contributed by atoms with E-state index in [1.54, 1.807) is 6.08 Å². The molecule has 8 unspecified atom stereocenters. The van der Waals surface area contributed by atoms with Gasteiger partial charge in [-0.05, 0) is 19.3 Å². The molecule has 1 amide bonds. The smallest absolute Gasteiger partial charge is 0.249 e. The van der Waals surface area contributed by atoms with Crippen LogP contribution in [0.3, 0.4) is 0 Å². The summed E-state index contributed by atoms with van der Waals surface area (Å²) in [6, 6.07) is -0.973. The molecule has 55 heavy (non-hydrogen) atoms. The average molecular weight is 786 g/mol. The lowest BCUT2D eigenvalue weighted by molar-refractivity contribution is -0.302. The van der Waals surface area contributed by atoms with Crippen molar-refractivity contribution in [1.29, 1.82) is 0 Å². The van der Waals surface area contributed by atoms with Crippen molar-refractivity contribution in [2.24, 2.45) is 0 Å². The largest absolute Gasteiger partial charge is 0.394 e. The van der Waals surface area contributed by atoms with Crippen LogP contribution in [0.1, 0.15) is 206 Å². The van der Waals surface area contributed by atoms with Crippen LogP contribution in [0.15, 0.2) is 12.2 Å². The molecule has 0 aromatic carbocycles. The molecule has 10 nitrogen and oxygen atoms in total. The third-order valence-electron chi connectivity index (χ3n) is 11.2. The molecule has 0 aromatic rings. The summed E-state index contributed by atoms with van der Waals surface area (Å²) < 4.78 is 11.1. The number of hydrogen-bond donors (Lipinski definition) is 7. The fourth-order valence-corrected chi connectivity index (χ4v) is 7.40. The van der Waals surface area contributed by atoms with E-state index in [2.05, 4.69) is 19.2 Å². The predicted molar refractivity (Wildman–Crippen MR) is 223 cm³/mol. The molecule has 0 bridgehead atoms. The number of aliphatic hydroxyl groups excluding tert-OH is 6. The molecule has 7 N–H and O–H groups in total. The van der Waals surface area contributed by atoms with Gasteiger partial charge in [0.1, 0.15) is 30.5 Å². The molecule has 1 heterocycles. The van der Waals surface area contributed by atoms with E-state index < -0.39 is 61.5 Å². The topological polar surface area (TPSA) is 169 Å². The molecule has 1 aliphatic heterocycles. The maximum Gasteiger partial charge on any atom is 0.249 e. The Morgan fingerprint density at radius 2 is 1.04 bits per heavy atom. The van der Waals surface area contributed by atoms with Gasteiger partial charge in [-0.1, -0.05) is 199 Å². The highest BCUT2D eigenvalue weighted by Gasteiger charge is 2.44. The SMILES string of the molecule is CCCCCCCCCCCC=CC(O)C(COC1OC(CO)C(O)C(O)C1O)NC(=O)C(O)CCCCCCCCCCCCCCCCCCCCC. The molecule has 10 heteroatoms. The summed E-state index contributed by atoms with van der Waals surface area (Å²) in [5, 5.41) is 64.5. The van der Waals surface area contributed by atoms with Crippen molar-refractivity contribution in [3.63, 3.8) is 0 Å². The van der Waals surface area contributed by atoms with Crippen LogP contribution in [-0.4, -0.2) is 98.7 Å².